The van der Waals surface area contributed by atoms with E-state index in [1.165, 1.54) is 19.3 Å². The Morgan fingerprint density at radius 2 is 2.05 bits per heavy atom. The molecule has 4 heteroatoms. The standard InChI is InChI=1S/C17H33N3O/c1-6-8-14-16(21)20(15(18-14)11-13(2)3)12-17(19(4)5)9-7-10-17/h13-15,18H,6-12H2,1-5H3. The summed E-state index contributed by atoms with van der Waals surface area (Å²) >= 11 is 0. The first-order valence-corrected chi connectivity index (χ1v) is 8.63. The van der Waals surface area contributed by atoms with Crippen LogP contribution in [0.4, 0.5) is 0 Å². The van der Waals surface area contributed by atoms with Gasteiger partial charge >= 0.3 is 0 Å². The molecule has 4 nitrogen and oxygen atoms in total. The number of hydrogen-bond acceptors (Lipinski definition) is 3. The first-order chi connectivity index (χ1) is 9.89. The van der Waals surface area contributed by atoms with E-state index in [2.05, 4.69) is 50.0 Å². The molecule has 1 saturated carbocycles. The van der Waals surface area contributed by atoms with Crippen LogP contribution in [0.2, 0.25) is 0 Å². The van der Waals surface area contributed by atoms with Gasteiger partial charge in [-0.15, -0.1) is 0 Å². The average Bonchev–Trinajstić information content (AvgIpc) is 2.60. The Morgan fingerprint density at radius 1 is 1.38 bits per heavy atom. The van der Waals surface area contributed by atoms with Gasteiger partial charge in [0, 0.05) is 12.1 Å². The van der Waals surface area contributed by atoms with Gasteiger partial charge in [0.25, 0.3) is 0 Å². The molecule has 0 radical (unpaired) electrons. The maximum Gasteiger partial charge on any atom is 0.241 e. The highest BCUT2D eigenvalue weighted by molar-refractivity contribution is 5.84. The fourth-order valence-electron chi connectivity index (χ4n) is 3.72. The van der Waals surface area contributed by atoms with Crippen molar-refractivity contribution in [2.75, 3.05) is 20.6 Å². The molecule has 2 atom stereocenters. The molecular weight excluding hydrogens is 262 g/mol. The van der Waals surface area contributed by atoms with Crippen molar-refractivity contribution in [1.82, 2.24) is 15.1 Å². The van der Waals surface area contributed by atoms with Crippen molar-refractivity contribution in [3.05, 3.63) is 0 Å². The summed E-state index contributed by atoms with van der Waals surface area (Å²) in [5.74, 6) is 0.936. The second-order valence-electron chi connectivity index (χ2n) is 7.59. The van der Waals surface area contributed by atoms with E-state index in [1.807, 2.05) is 0 Å². The number of carbonyl (C=O) groups excluding carboxylic acids is 1. The Balaban J connectivity index is 2.10. The molecule has 21 heavy (non-hydrogen) atoms. The molecule has 0 spiro atoms. The molecule has 0 aromatic carbocycles. The molecule has 2 rings (SSSR count). The Kier molecular flexibility index (Phi) is 5.31. The van der Waals surface area contributed by atoms with Gasteiger partial charge in [-0.05, 0) is 52.1 Å². The van der Waals surface area contributed by atoms with Gasteiger partial charge in [0.05, 0.1) is 12.2 Å². The number of amides is 1. The van der Waals surface area contributed by atoms with Crippen molar-refractivity contribution in [2.24, 2.45) is 5.92 Å². The number of nitrogens with zero attached hydrogens (tertiary/aromatic N) is 2. The fraction of sp³-hybridized carbons (Fsp3) is 0.941. The molecule has 1 heterocycles. The van der Waals surface area contributed by atoms with E-state index < -0.39 is 0 Å². The van der Waals surface area contributed by atoms with Crippen LogP contribution in [0.3, 0.4) is 0 Å². The lowest BCUT2D eigenvalue weighted by Gasteiger charge is -2.50. The molecule has 1 saturated heterocycles. The van der Waals surface area contributed by atoms with Gasteiger partial charge < -0.3 is 9.80 Å². The summed E-state index contributed by atoms with van der Waals surface area (Å²) in [5.41, 5.74) is 0.216. The van der Waals surface area contributed by atoms with E-state index in [-0.39, 0.29) is 17.7 Å². The Labute approximate surface area is 130 Å². The highest BCUT2D eigenvalue weighted by atomic mass is 16.2. The third-order valence-corrected chi connectivity index (χ3v) is 5.32. The minimum absolute atomic E-state index is 0.0399. The number of carbonyl (C=O) groups is 1. The Morgan fingerprint density at radius 3 is 2.48 bits per heavy atom. The van der Waals surface area contributed by atoms with E-state index in [0.29, 0.717) is 11.8 Å². The molecule has 122 valence electrons. The fourth-order valence-corrected chi connectivity index (χ4v) is 3.72. The van der Waals surface area contributed by atoms with Crippen LogP contribution in [0.5, 0.6) is 0 Å². The molecule has 1 aliphatic heterocycles. The molecule has 2 aliphatic rings. The summed E-state index contributed by atoms with van der Waals surface area (Å²) in [4.78, 5) is 17.3. The molecule has 1 amide bonds. The van der Waals surface area contributed by atoms with Crippen molar-refractivity contribution in [2.45, 2.75) is 77.0 Å². The summed E-state index contributed by atoms with van der Waals surface area (Å²) in [5, 5.41) is 3.59. The quantitative estimate of drug-likeness (QED) is 0.783. The summed E-state index contributed by atoms with van der Waals surface area (Å²) < 4.78 is 0. The molecule has 2 unspecified atom stereocenters. The van der Waals surface area contributed by atoms with Crippen LogP contribution in [0.1, 0.15) is 59.3 Å². The van der Waals surface area contributed by atoms with E-state index in [1.54, 1.807) is 0 Å². The van der Waals surface area contributed by atoms with Crippen LogP contribution in [0.15, 0.2) is 0 Å². The number of likely N-dealkylation sites (N-methyl/N-ethyl adjacent to an activating group) is 1. The maximum atomic E-state index is 12.8. The van der Waals surface area contributed by atoms with Crippen LogP contribution in [-0.2, 0) is 4.79 Å². The topological polar surface area (TPSA) is 35.6 Å². The van der Waals surface area contributed by atoms with Gasteiger partial charge in [-0.3, -0.25) is 10.1 Å². The zero-order valence-corrected chi connectivity index (χ0v) is 14.5. The summed E-state index contributed by atoms with van der Waals surface area (Å²) in [6.45, 7) is 7.52. The Hall–Kier alpha value is -0.610. The van der Waals surface area contributed by atoms with E-state index in [0.717, 1.165) is 25.8 Å². The number of nitrogens with one attached hydrogen (secondary N) is 1. The highest BCUT2D eigenvalue weighted by Crippen LogP contribution is 2.38. The van der Waals surface area contributed by atoms with Crippen molar-refractivity contribution in [3.63, 3.8) is 0 Å². The van der Waals surface area contributed by atoms with E-state index in [9.17, 15) is 4.79 Å². The zero-order valence-electron chi connectivity index (χ0n) is 14.5. The third kappa shape index (κ3) is 3.42. The van der Waals surface area contributed by atoms with Crippen LogP contribution in [0.25, 0.3) is 0 Å². The van der Waals surface area contributed by atoms with E-state index >= 15 is 0 Å². The largest absolute Gasteiger partial charge is 0.324 e. The van der Waals surface area contributed by atoms with Gasteiger partial charge in [-0.2, -0.15) is 0 Å². The van der Waals surface area contributed by atoms with Crippen molar-refractivity contribution in [3.8, 4) is 0 Å². The molecule has 1 N–H and O–H groups in total. The maximum absolute atomic E-state index is 12.8. The number of rotatable bonds is 7. The van der Waals surface area contributed by atoms with Gasteiger partial charge in [0.15, 0.2) is 0 Å². The average molecular weight is 295 g/mol. The number of hydrogen-bond donors (Lipinski definition) is 1. The van der Waals surface area contributed by atoms with Crippen molar-refractivity contribution >= 4 is 5.91 Å². The van der Waals surface area contributed by atoms with Crippen molar-refractivity contribution in [1.29, 1.82) is 0 Å². The molecule has 0 aromatic heterocycles. The van der Waals surface area contributed by atoms with Crippen LogP contribution >= 0.6 is 0 Å². The van der Waals surface area contributed by atoms with Gasteiger partial charge in [-0.1, -0.05) is 27.2 Å². The molecular formula is C17H33N3O. The smallest absolute Gasteiger partial charge is 0.241 e. The lowest BCUT2D eigenvalue weighted by molar-refractivity contribution is -0.133. The lowest BCUT2D eigenvalue weighted by Crippen LogP contribution is -2.59. The third-order valence-electron chi connectivity index (χ3n) is 5.32. The van der Waals surface area contributed by atoms with Crippen LogP contribution < -0.4 is 5.32 Å². The van der Waals surface area contributed by atoms with Crippen LogP contribution in [0, 0.1) is 5.92 Å². The van der Waals surface area contributed by atoms with Crippen LogP contribution in [-0.4, -0.2) is 54.1 Å². The Bertz CT molecular complexity index is 363. The molecule has 0 aromatic rings. The molecule has 2 fully saturated rings. The second kappa shape index (κ2) is 6.66. The second-order valence-corrected chi connectivity index (χ2v) is 7.59. The van der Waals surface area contributed by atoms with Gasteiger partial charge in [-0.25, -0.2) is 0 Å². The lowest BCUT2D eigenvalue weighted by atomic mass is 9.75. The predicted octanol–water partition coefficient (Wildman–Crippen LogP) is 2.44. The predicted molar refractivity (Wildman–Crippen MR) is 87.1 cm³/mol. The summed E-state index contributed by atoms with van der Waals surface area (Å²) in [7, 11) is 4.32. The van der Waals surface area contributed by atoms with Gasteiger partial charge in [0.2, 0.25) is 5.91 Å². The van der Waals surface area contributed by atoms with Crippen molar-refractivity contribution < 1.29 is 4.79 Å². The van der Waals surface area contributed by atoms with Gasteiger partial charge in [0.1, 0.15) is 0 Å². The molecule has 0 bridgehead atoms. The monoisotopic (exact) mass is 295 g/mol. The minimum atomic E-state index is 0.0399. The zero-order chi connectivity index (χ0) is 15.6. The normalized spacial score (nSPS) is 28.5. The highest BCUT2D eigenvalue weighted by Gasteiger charge is 2.46. The first-order valence-electron chi connectivity index (χ1n) is 8.63. The molecule has 1 aliphatic carbocycles. The summed E-state index contributed by atoms with van der Waals surface area (Å²) in [6, 6.07) is 0.0399. The summed E-state index contributed by atoms with van der Waals surface area (Å²) in [6.07, 6.45) is 7.03. The van der Waals surface area contributed by atoms with E-state index in [4.69, 9.17) is 0 Å². The SMILES string of the molecule is CCCC1NC(CC(C)C)N(CC2(N(C)C)CCC2)C1=O. The first kappa shape index (κ1) is 16.8. The minimum Gasteiger partial charge on any atom is -0.324 e.